The van der Waals surface area contributed by atoms with Gasteiger partial charge in [0.25, 0.3) is 0 Å². The van der Waals surface area contributed by atoms with Crippen molar-refractivity contribution in [1.82, 2.24) is 9.80 Å². The van der Waals surface area contributed by atoms with E-state index in [9.17, 15) is 0 Å². The van der Waals surface area contributed by atoms with Gasteiger partial charge in [0.2, 0.25) is 0 Å². The SMILES string of the molecule is COc1ccccc1CN1Cc2ccccc2NC1=NC1CCN(Cc2ccccc2)CC1. The number of aliphatic imine (C=N–C) groups is 1. The van der Waals surface area contributed by atoms with Crippen molar-refractivity contribution < 1.29 is 4.74 Å². The topological polar surface area (TPSA) is 40.1 Å². The summed E-state index contributed by atoms with van der Waals surface area (Å²) in [6, 6.07) is 27.9. The summed E-state index contributed by atoms with van der Waals surface area (Å²) in [5, 5.41) is 3.62. The summed E-state index contributed by atoms with van der Waals surface area (Å²) in [6.45, 7) is 4.79. The molecule has 2 heterocycles. The van der Waals surface area contributed by atoms with Crippen LogP contribution in [0.15, 0.2) is 83.9 Å². The Kier molecular flexibility index (Phi) is 6.58. The van der Waals surface area contributed by atoms with Crippen LogP contribution in [-0.4, -0.2) is 42.0 Å². The standard InChI is InChI=1S/C28H32N4O/c1-33-27-14-8-6-12-24(27)21-32-20-23-11-5-7-13-26(23)30-28(32)29-25-15-17-31(18-16-25)19-22-9-3-2-4-10-22/h2-14,25H,15-21H2,1H3,(H,29,30). The van der Waals surface area contributed by atoms with Gasteiger partial charge in [0, 0.05) is 44.0 Å². The van der Waals surface area contributed by atoms with Gasteiger partial charge in [0.1, 0.15) is 5.75 Å². The molecule has 0 aromatic heterocycles. The van der Waals surface area contributed by atoms with E-state index >= 15 is 0 Å². The maximum absolute atomic E-state index is 5.61. The molecule has 0 unspecified atom stereocenters. The summed E-state index contributed by atoms with van der Waals surface area (Å²) in [4.78, 5) is 10.1. The maximum Gasteiger partial charge on any atom is 0.199 e. The summed E-state index contributed by atoms with van der Waals surface area (Å²) in [6.07, 6.45) is 2.17. The molecule has 170 valence electrons. The number of fused-ring (bicyclic) bond motifs is 1. The summed E-state index contributed by atoms with van der Waals surface area (Å²) in [5.41, 5.74) is 5.01. The number of guanidine groups is 1. The van der Waals surface area contributed by atoms with Crippen LogP contribution in [0.1, 0.15) is 29.5 Å². The quantitative estimate of drug-likeness (QED) is 0.576. The molecule has 33 heavy (non-hydrogen) atoms. The second kappa shape index (κ2) is 10.1. The van der Waals surface area contributed by atoms with Crippen LogP contribution in [0.3, 0.4) is 0 Å². The minimum Gasteiger partial charge on any atom is -0.496 e. The normalized spacial score (nSPS) is 18.1. The fourth-order valence-electron chi connectivity index (χ4n) is 4.77. The van der Waals surface area contributed by atoms with Crippen LogP contribution < -0.4 is 10.1 Å². The van der Waals surface area contributed by atoms with Crippen molar-refractivity contribution in [3.8, 4) is 5.75 Å². The fraction of sp³-hybridized carbons (Fsp3) is 0.321. The molecule has 2 aliphatic heterocycles. The predicted molar refractivity (Wildman–Crippen MR) is 134 cm³/mol. The number of rotatable bonds is 6. The van der Waals surface area contributed by atoms with Gasteiger partial charge in [-0.15, -0.1) is 0 Å². The number of piperidine rings is 1. The zero-order chi connectivity index (χ0) is 22.5. The van der Waals surface area contributed by atoms with E-state index < -0.39 is 0 Å². The lowest BCUT2D eigenvalue weighted by Gasteiger charge is -2.35. The van der Waals surface area contributed by atoms with Crippen LogP contribution in [0.5, 0.6) is 5.75 Å². The van der Waals surface area contributed by atoms with Gasteiger partial charge in [-0.25, -0.2) is 4.99 Å². The van der Waals surface area contributed by atoms with E-state index in [0.29, 0.717) is 6.04 Å². The molecule has 5 nitrogen and oxygen atoms in total. The molecule has 3 aromatic carbocycles. The van der Waals surface area contributed by atoms with Gasteiger partial charge in [0.05, 0.1) is 13.2 Å². The molecule has 0 bridgehead atoms. The molecular formula is C28H32N4O. The van der Waals surface area contributed by atoms with Crippen LogP contribution >= 0.6 is 0 Å². The van der Waals surface area contributed by atoms with E-state index in [2.05, 4.69) is 81.8 Å². The van der Waals surface area contributed by atoms with Crippen molar-refractivity contribution in [3.05, 3.63) is 95.6 Å². The van der Waals surface area contributed by atoms with Crippen LogP contribution in [0.25, 0.3) is 0 Å². The third-order valence-electron chi connectivity index (χ3n) is 6.59. The number of methoxy groups -OCH3 is 1. The highest BCUT2D eigenvalue weighted by Crippen LogP contribution is 2.28. The first-order valence-electron chi connectivity index (χ1n) is 11.8. The first-order valence-corrected chi connectivity index (χ1v) is 11.8. The Hall–Kier alpha value is -3.31. The van der Waals surface area contributed by atoms with E-state index in [1.807, 2.05) is 12.1 Å². The Balaban J connectivity index is 1.31. The van der Waals surface area contributed by atoms with Gasteiger partial charge in [-0.3, -0.25) is 4.90 Å². The minimum atomic E-state index is 0.338. The van der Waals surface area contributed by atoms with Crippen molar-refractivity contribution in [2.24, 2.45) is 4.99 Å². The number of nitrogens with zero attached hydrogens (tertiary/aromatic N) is 3. The number of likely N-dealkylation sites (tertiary alicyclic amines) is 1. The van der Waals surface area contributed by atoms with Crippen molar-refractivity contribution in [1.29, 1.82) is 0 Å². The summed E-state index contributed by atoms with van der Waals surface area (Å²) < 4.78 is 5.61. The molecule has 0 amide bonds. The van der Waals surface area contributed by atoms with Crippen LogP contribution in [0.2, 0.25) is 0 Å². The zero-order valence-electron chi connectivity index (χ0n) is 19.3. The third-order valence-corrected chi connectivity index (χ3v) is 6.59. The molecule has 0 aliphatic carbocycles. The minimum absolute atomic E-state index is 0.338. The monoisotopic (exact) mass is 440 g/mol. The summed E-state index contributed by atoms with van der Waals surface area (Å²) in [5.74, 6) is 1.89. The number of para-hydroxylation sites is 2. The van der Waals surface area contributed by atoms with E-state index in [1.165, 1.54) is 16.7 Å². The van der Waals surface area contributed by atoms with Crippen LogP contribution in [-0.2, 0) is 19.6 Å². The predicted octanol–water partition coefficient (Wildman–Crippen LogP) is 5.14. The average Bonchev–Trinajstić information content (AvgIpc) is 2.86. The molecule has 1 fully saturated rings. The molecule has 1 N–H and O–H groups in total. The van der Waals surface area contributed by atoms with E-state index in [-0.39, 0.29) is 0 Å². The summed E-state index contributed by atoms with van der Waals surface area (Å²) in [7, 11) is 1.74. The Morgan fingerprint density at radius 1 is 0.879 bits per heavy atom. The number of hydrogen-bond acceptors (Lipinski definition) is 3. The van der Waals surface area contributed by atoms with Gasteiger partial charge >= 0.3 is 0 Å². The number of anilines is 1. The largest absolute Gasteiger partial charge is 0.496 e. The Labute approximate surface area is 196 Å². The molecule has 0 atom stereocenters. The van der Waals surface area contributed by atoms with Crippen molar-refractivity contribution in [3.63, 3.8) is 0 Å². The van der Waals surface area contributed by atoms with Crippen LogP contribution in [0, 0.1) is 0 Å². The molecule has 0 saturated carbocycles. The Morgan fingerprint density at radius 2 is 1.61 bits per heavy atom. The second-order valence-corrected chi connectivity index (χ2v) is 8.90. The Bertz CT molecular complexity index is 1090. The second-order valence-electron chi connectivity index (χ2n) is 8.90. The van der Waals surface area contributed by atoms with Gasteiger partial charge in [-0.2, -0.15) is 0 Å². The van der Waals surface area contributed by atoms with Crippen molar-refractivity contribution >= 4 is 11.6 Å². The van der Waals surface area contributed by atoms with E-state index in [4.69, 9.17) is 9.73 Å². The summed E-state index contributed by atoms with van der Waals surface area (Å²) >= 11 is 0. The maximum atomic E-state index is 5.61. The lowest BCUT2D eigenvalue weighted by molar-refractivity contribution is 0.205. The lowest BCUT2D eigenvalue weighted by Crippen LogP contribution is -2.42. The fourth-order valence-corrected chi connectivity index (χ4v) is 4.77. The average molecular weight is 441 g/mol. The zero-order valence-corrected chi connectivity index (χ0v) is 19.3. The van der Waals surface area contributed by atoms with Gasteiger partial charge < -0.3 is 15.0 Å². The molecule has 3 aromatic rings. The highest BCUT2D eigenvalue weighted by atomic mass is 16.5. The molecule has 5 heteroatoms. The first-order chi connectivity index (χ1) is 16.3. The molecule has 0 spiro atoms. The van der Waals surface area contributed by atoms with Crippen molar-refractivity contribution in [2.45, 2.75) is 38.5 Å². The van der Waals surface area contributed by atoms with E-state index in [0.717, 1.165) is 63.0 Å². The van der Waals surface area contributed by atoms with E-state index in [1.54, 1.807) is 7.11 Å². The lowest BCUT2D eigenvalue weighted by atomic mass is 10.0. The van der Waals surface area contributed by atoms with Crippen LogP contribution in [0.4, 0.5) is 5.69 Å². The van der Waals surface area contributed by atoms with Crippen molar-refractivity contribution in [2.75, 3.05) is 25.5 Å². The smallest absolute Gasteiger partial charge is 0.199 e. The highest BCUT2D eigenvalue weighted by molar-refractivity contribution is 5.96. The highest BCUT2D eigenvalue weighted by Gasteiger charge is 2.25. The van der Waals surface area contributed by atoms with Gasteiger partial charge in [-0.05, 0) is 36.1 Å². The molecule has 0 radical (unpaired) electrons. The van der Waals surface area contributed by atoms with Gasteiger partial charge in [-0.1, -0.05) is 66.7 Å². The molecule has 5 rings (SSSR count). The Morgan fingerprint density at radius 3 is 2.42 bits per heavy atom. The third kappa shape index (κ3) is 5.20. The molecular weight excluding hydrogens is 408 g/mol. The number of nitrogens with one attached hydrogen (secondary N) is 1. The number of benzene rings is 3. The molecule has 2 aliphatic rings. The van der Waals surface area contributed by atoms with Gasteiger partial charge in [0.15, 0.2) is 5.96 Å². The number of hydrogen-bond donors (Lipinski definition) is 1. The molecule has 1 saturated heterocycles. The number of ether oxygens (including phenoxy) is 1. The first kappa shape index (κ1) is 21.5.